The highest BCUT2D eigenvalue weighted by Crippen LogP contribution is 2.31. The van der Waals surface area contributed by atoms with E-state index in [2.05, 4.69) is 21.0 Å². The molecule has 0 bridgehead atoms. The number of hydrogen-bond acceptors (Lipinski definition) is 3. The minimum atomic E-state index is -4.39. The molecule has 1 aliphatic heterocycles. The van der Waals surface area contributed by atoms with Crippen LogP contribution >= 0.6 is 15.9 Å². The van der Waals surface area contributed by atoms with Crippen LogP contribution in [-0.2, 0) is 0 Å². The van der Waals surface area contributed by atoms with Gasteiger partial charge in [0.15, 0.2) is 5.08 Å². The lowest BCUT2D eigenvalue weighted by molar-refractivity contribution is -0.224. The molecular formula is C6H9BrF3N3. The Morgan fingerprint density at radius 1 is 1.46 bits per heavy atom. The Kier molecular flexibility index (Phi) is 2.74. The Labute approximate surface area is 82.3 Å². The van der Waals surface area contributed by atoms with Gasteiger partial charge in [-0.15, -0.1) is 13.2 Å². The maximum atomic E-state index is 12.2. The Hall–Kier alpha value is -0.460. The number of alkyl halides is 4. The van der Waals surface area contributed by atoms with Crippen LogP contribution in [0.4, 0.5) is 13.2 Å². The average molecular weight is 260 g/mol. The molecule has 3 nitrogen and oxygen atoms in total. The first-order valence-electron chi connectivity index (χ1n) is 3.65. The van der Waals surface area contributed by atoms with Crippen LogP contribution < -0.4 is 0 Å². The predicted molar refractivity (Wildman–Crippen MR) is 46.1 cm³/mol. The lowest BCUT2D eigenvalue weighted by Crippen LogP contribution is -2.45. The SMILES string of the molecule is CC(C)N1N=CN(C(F)(F)F)C1Br. The quantitative estimate of drug-likeness (QED) is 0.531. The molecule has 0 amide bonds. The Morgan fingerprint density at radius 3 is 2.23 bits per heavy atom. The summed E-state index contributed by atoms with van der Waals surface area (Å²) in [4.78, 5) is 0.201. The fourth-order valence-corrected chi connectivity index (χ4v) is 1.83. The molecule has 7 heteroatoms. The number of nitrogens with zero attached hydrogens (tertiary/aromatic N) is 3. The van der Waals surface area contributed by atoms with Crippen molar-refractivity contribution in [2.24, 2.45) is 5.10 Å². The smallest absolute Gasteiger partial charge is 0.260 e. The van der Waals surface area contributed by atoms with Crippen molar-refractivity contribution in [1.29, 1.82) is 0 Å². The Balaban J connectivity index is 2.72. The van der Waals surface area contributed by atoms with Crippen molar-refractivity contribution in [2.45, 2.75) is 31.3 Å². The highest BCUT2D eigenvalue weighted by atomic mass is 79.9. The van der Waals surface area contributed by atoms with Gasteiger partial charge in [-0.25, -0.2) is 4.90 Å². The van der Waals surface area contributed by atoms with Crippen LogP contribution in [-0.4, -0.2) is 33.7 Å². The van der Waals surface area contributed by atoms with Crippen molar-refractivity contribution >= 4 is 22.3 Å². The van der Waals surface area contributed by atoms with E-state index < -0.39 is 11.4 Å². The van der Waals surface area contributed by atoms with Gasteiger partial charge in [0.25, 0.3) is 0 Å². The standard InChI is InChI=1S/C6H9BrF3N3/c1-4(2)13-5(7)12(3-11-13)6(8,9)10/h3-5H,1-2H3. The van der Waals surface area contributed by atoms with E-state index in [0.717, 1.165) is 6.34 Å². The van der Waals surface area contributed by atoms with E-state index in [4.69, 9.17) is 0 Å². The van der Waals surface area contributed by atoms with Crippen LogP contribution in [0.15, 0.2) is 5.10 Å². The third-order valence-electron chi connectivity index (χ3n) is 1.58. The fourth-order valence-electron chi connectivity index (χ4n) is 0.918. The fraction of sp³-hybridized carbons (Fsp3) is 0.833. The molecule has 0 aromatic heterocycles. The van der Waals surface area contributed by atoms with Crippen molar-refractivity contribution in [3.05, 3.63) is 0 Å². The first-order chi connectivity index (χ1) is 5.84. The van der Waals surface area contributed by atoms with E-state index in [-0.39, 0.29) is 10.9 Å². The minimum Gasteiger partial charge on any atom is -0.260 e. The summed E-state index contributed by atoms with van der Waals surface area (Å²) in [5, 5.41) is 4.02. The molecule has 0 aliphatic carbocycles. The van der Waals surface area contributed by atoms with Crippen LogP contribution in [0.3, 0.4) is 0 Å². The zero-order valence-electron chi connectivity index (χ0n) is 7.09. The summed E-state index contributed by atoms with van der Waals surface area (Å²) < 4.78 is 36.7. The van der Waals surface area contributed by atoms with Crippen molar-refractivity contribution in [3.63, 3.8) is 0 Å². The molecule has 1 aliphatic rings. The average Bonchev–Trinajstić information content (AvgIpc) is 2.28. The van der Waals surface area contributed by atoms with Crippen molar-refractivity contribution in [3.8, 4) is 0 Å². The summed E-state index contributed by atoms with van der Waals surface area (Å²) >= 11 is 2.91. The van der Waals surface area contributed by atoms with Crippen LogP contribution in [0, 0.1) is 0 Å². The number of halogens is 4. The molecule has 13 heavy (non-hydrogen) atoms. The third-order valence-corrected chi connectivity index (χ3v) is 2.44. The topological polar surface area (TPSA) is 18.8 Å². The van der Waals surface area contributed by atoms with E-state index >= 15 is 0 Å². The molecule has 0 N–H and O–H groups in total. The van der Waals surface area contributed by atoms with E-state index in [9.17, 15) is 13.2 Å². The molecule has 0 saturated heterocycles. The van der Waals surface area contributed by atoms with E-state index in [0.29, 0.717) is 0 Å². The van der Waals surface area contributed by atoms with Gasteiger partial charge in [-0.2, -0.15) is 5.10 Å². The maximum Gasteiger partial charge on any atom is 0.488 e. The molecule has 0 spiro atoms. The van der Waals surface area contributed by atoms with Gasteiger partial charge < -0.3 is 0 Å². The highest BCUT2D eigenvalue weighted by Gasteiger charge is 2.44. The largest absolute Gasteiger partial charge is 0.488 e. The molecular weight excluding hydrogens is 251 g/mol. The molecule has 0 fully saturated rings. The van der Waals surface area contributed by atoms with Gasteiger partial charge in [-0.3, -0.25) is 5.01 Å². The van der Waals surface area contributed by atoms with E-state index in [1.807, 2.05) is 0 Å². The summed E-state index contributed by atoms with van der Waals surface area (Å²) in [5.41, 5.74) is 0. The van der Waals surface area contributed by atoms with Crippen molar-refractivity contribution in [1.82, 2.24) is 9.91 Å². The van der Waals surface area contributed by atoms with Gasteiger partial charge in [0, 0.05) is 6.04 Å². The highest BCUT2D eigenvalue weighted by molar-refractivity contribution is 9.09. The number of rotatable bonds is 1. The molecule has 1 heterocycles. The van der Waals surface area contributed by atoms with Gasteiger partial charge >= 0.3 is 6.30 Å². The summed E-state index contributed by atoms with van der Waals surface area (Å²) in [5.74, 6) is 0. The summed E-state index contributed by atoms with van der Waals surface area (Å²) in [6, 6.07) is -0.0759. The summed E-state index contributed by atoms with van der Waals surface area (Å²) in [7, 11) is 0. The van der Waals surface area contributed by atoms with Gasteiger partial charge in [0.2, 0.25) is 0 Å². The molecule has 0 aromatic carbocycles. The number of hydrazone groups is 1. The molecule has 1 rings (SSSR count). The zero-order chi connectivity index (χ0) is 10.2. The predicted octanol–water partition coefficient (Wildman–Crippen LogP) is 2.15. The summed E-state index contributed by atoms with van der Waals surface area (Å²) in [6.45, 7) is 3.54. The first kappa shape index (κ1) is 10.6. The maximum absolute atomic E-state index is 12.2. The lowest BCUT2D eigenvalue weighted by atomic mass is 10.4. The van der Waals surface area contributed by atoms with Crippen LogP contribution in [0.1, 0.15) is 13.8 Å². The Morgan fingerprint density at radius 2 is 2.00 bits per heavy atom. The van der Waals surface area contributed by atoms with Crippen molar-refractivity contribution in [2.75, 3.05) is 0 Å². The second-order valence-corrected chi connectivity index (χ2v) is 3.71. The molecule has 1 atom stereocenters. The first-order valence-corrected chi connectivity index (χ1v) is 4.57. The zero-order valence-corrected chi connectivity index (χ0v) is 8.67. The molecule has 0 saturated carbocycles. The second kappa shape index (κ2) is 3.36. The van der Waals surface area contributed by atoms with E-state index in [1.54, 1.807) is 13.8 Å². The third kappa shape index (κ3) is 2.07. The van der Waals surface area contributed by atoms with Gasteiger partial charge in [-0.05, 0) is 29.8 Å². The van der Waals surface area contributed by atoms with Crippen LogP contribution in [0.25, 0.3) is 0 Å². The van der Waals surface area contributed by atoms with Crippen LogP contribution in [0.2, 0.25) is 0 Å². The van der Waals surface area contributed by atoms with Crippen LogP contribution in [0.5, 0.6) is 0 Å². The van der Waals surface area contributed by atoms with Gasteiger partial charge in [0.1, 0.15) is 6.34 Å². The summed E-state index contributed by atoms with van der Waals surface area (Å²) in [6.07, 6.45) is -3.61. The minimum absolute atomic E-state index is 0.0759. The molecule has 0 aromatic rings. The van der Waals surface area contributed by atoms with E-state index in [1.165, 1.54) is 5.01 Å². The van der Waals surface area contributed by atoms with Crippen molar-refractivity contribution < 1.29 is 13.2 Å². The Bertz CT molecular complexity index is 216. The van der Waals surface area contributed by atoms with Gasteiger partial charge in [-0.1, -0.05) is 0 Å². The second-order valence-electron chi connectivity index (χ2n) is 2.89. The normalized spacial score (nSPS) is 23.5. The number of hydrogen-bond donors (Lipinski definition) is 0. The molecule has 0 radical (unpaired) electrons. The lowest BCUT2D eigenvalue weighted by Gasteiger charge is -2.29. The molecule has 1 unspecified atom stereocenters. The molecule has 76 valence electrons. The van der Waals surface area contributed by atoms with Gasteiger partial charge in [0.05, 0.1) is 0 Å². The monoisotopic (exact) mass is 259 g/mol.